The highest BCUT2D eigenvalue weighted by Gasteiger charge is 2.23. The highest BCUT2D eigenvalue weighted by Crippen LogP contribution is 2.47. The molecule has 0 radical (unpaired) electrons. The van der Waals surface area contributed by atoms with Crippen LogP contribution in [0.1, 0.15) is 0 Å². The van der Waals surface area contributed by atoms with Gasteiger partial charge in [0.1, 0.15) is 22.3 Å². The predicted octanol–water partition coefficient (Wildman–Crippen LogP) is 14.9. The summed E-state index contributed by atoms with van der Waals surface area (Å²) in [6.45, 7) is 0. The maximum Gasteiger partial charge on any atom is 0.137 e. The minimum absolute atomic E-state index is 0.850. The normalized spacial score (nSPS) is 11.9. The van der Waals surface area contributed by atoms with Crippen molar-refractivity contribution in [1.29, 1.82) is 0 Å². The van der Waals surface area contributed by atoms with E-state index in [2.05, 4.69) is 191 Å². The predicted molar refractivity (Wildman–Crippen MR) is 233 cm³/mol. The van der Waals surface area contributed by atoms with Crippen molar-refractivity contribution < 1.29 is 8.83 Å². The van der Waals surface area contributed by atoms with Crippen LogP contribution in [0.4, 0.5) is 17.1 Å². The average Bonchev–Trinajstić information content (AvgIpc) is 3.92. The van der Waals surface area contributed by atoms with Crippen molar-refractivity contribution >= 4 is 93.5 Å². The van der Waals surface area contributed by atoms with Crippen molar-refractivity contribution in [3.05, 3.63) is 194 Å². The van der Waals surface area contributed by atoms with Gasteiger partial charge in [-0.2, -0.15) is 0 Å². The van der Waals surface area contributed by atoms with Crippen LogP contribution in [0.5, 0.6) is 0 Å². The molecular weight excluding hydrogens is 685 g/mol. The van der Waals surface area contributed by atoms with Gasteiger partial charge in [0.2, 0.25) is 0 Å². The van der Waals surface area contributed by atoms with Gasteiger partial charge in [-0.3, -0.25) is 0 Å². The summed E-state index contributed by atoms with van der Waals surface area (Å²) >= 11 is 0. The fourth-order valence-electron chi connectivity index (χ4n) is 8.86. The fraction of sp³-hybridized carbons (Fsp3) is 0. The van der Waals surface area contributed by atoms with E-state index in [9.17, 15) is 0 Å². The van der Waals surface area contributed by atoms with Crippen LogP contribution in [0.3, 0.4) is 0 Å². The Morgan fingerprint density at radius 2 is 0.982 bits per heavy atom. The molecule has 0 fully saturated rings. The molecule has 0 amide bonds. The van der Waals surface area contributed by atoms with E-state index in [1.165, 1.54) is 32.6 Å². The Morgan fingerprint density at radius 1 is 0.375 bits per heavy atom. The molecule has 4 heteroatoms. The first-order valence-electron chi connectivity index (χ1n) is 19.0. The van der Waals surface area contributed by atoms with Crippen molar-refractivity contribution in [2.75, 3.05) is 4.90 Å². The average molecular weight is 717 g/mol. The smallest absolute Gasteiger partial charge is 0.137 e. The summed E-state index contributed by atoms with van der Waals surface area (Å²) < 4.78 is 15.3. The summed E-state index contributed by atoms with van der Waals surface area (Å²) in [6, 6.07) is 69.1. The lowest BCUT2D eigenvalue weighted by molar-refractivity contribution is 0.669. The van der Waals surface area contributed by atoms with Gasteiger partial charge in [0.05, 0.1) is 27.8 Å². The molecule has 12 rings (SSSR count). The largest absolute Gasteiger partial charge is 0.456 e. The van der Waals surface area contributed by atoms with Gasteiger partial charge in [0.15, 0.2) is 0 Å². The van der Waals surface area contributed by atoms with Crippen molar-refractivity contribution in [3.8, 4) is 16.8 Å². The molecule has 0 saturated carbocycles. The van der Waals surface area contributed by atoms with Gasteiger partial charge in [-0.15, -0.1) is 0 Å². The summed E-state index contributed by atoms with van der Waals surface area (Å²) in [5.41, 5.74) is 12.3. The van der Waals surface area contributed by atoms with E-state index in [0.29, 0.717) is 0 Å². The molecule has 0 saturated heterocycles. The molecule has 0 bridgehead atoms. The molecule has 12 aromatic rings. The Hall–Kier alpha value is -7.56. The molecule has 0 atom stereocenters. The van der Waals surface area contributed by atoms with E-state index in [1.54, 1.807) is 0 Å². The molecule has 262 valence electrons. The van der Waals surface area contributed by atoms with Crippen LogP contribution < -0.4 is 4.90 Å². The molecule has 3 aromatic heterocycles. The highest BCUT2D eigenvalue weighted by molar-refractivity contribution is 6.15. The van der Waals surface area contributed by atoms with Crippen LogP contribution in [-0.4, -0.2) is 4.57 Å². The van der Waals surface area contributed by atoms with E-state index in [-0.39, 0.29) is 0 Å². The van der Waals surface area contributed by atoms with E-state index >= 15 is 0 Å². The summed E-state index contributed by atoms with van der Waals surface area (Å²) in [5.74, 6) is 0. The van der Waals surface area contributed by atoms with Gasteiger partial charge < -0.3 is 18.3 Å². The number of nitrogens with zero attached hydrogens (tertiary/aromatic N) is 2. The maximum atomic E-state index is 6.48. The van der Waals surface area contributed by atoms with Gasteiger partial charge in [0, 0.05) is 43.9 Å². The molecule has 0 N–H and O–H groups in total. The second-order valence-electron chi connectivity index (χ2n) is 14.5. The quantitative estimate of drug-likeness (QED) is 0.178. The summed E-state index contributed by atoms with van der Waals surface area (Å²) in [4.78, 5) is 2.40. The van der Waals surface area contributed by atoms with Crippen molar-refractivity contribution in [1.82, 2.24) is 4.57 Å². The number of rotatable bonds is 5. The lowest BCUT2D eigenvalue weighted by Crippen LogP contribution is -2.12. The second-order valence-corrected chi connectivity index (χ2v) is 14.5. The SMILES string of the molecule is c1cc(N(c2ccccc2-c2ccc3oc4cc5ccccc5cc4c3c2)c2cccc3oc4ccccc4c23)cc(-n2c3ccccc3c3ccccc32)c1. The molecule has 0 spiro atoms. The topological polar surface area (TPSA) is 34.5 Å². The number of aromatic nitrogens is 1. The van der Waals surface area contributed by atoms with Crippen LogP contribution in [0.25, 0.3) is 93.3 Å². The Kier molecular flexibility index (Phi) is 6.60. The third kappa shape index (κ3) is 4.60. The molecule has 0 aliphatic carbocycles. The number of benzene rings is 9. The monoisotopic (exact) mass is 716 g/mol. The zero-order chi connectivity index (χ0) is 36.7. The zero-order valence-corrected chi connectivity index (χ0v) is 30.2. The van der Waals surface area contributed by atoms with Crippen LogP contribution >= 0.6 is 0 Å². The standard InChI is InChI=1S/C52H32N2O2/c1-2-14-34-31-51-43(29-33(34)13-1)42-30-35(27-28-49(42)56-51)38-17-3-7-21-44(38)54(47-24-12-26-50-52(47)41-20-6-10-25-48(41)55-50)37-16-11-15-36(32-37)53-45-22-8-4-18-39(45)40-19-5-9-23-46(40)53/h1-32H. The minimum atomic E-state index is 0.850. The third-order valence-corrected chi connectivity index (χ3v) is 11.3. The van der Waals surface area contributed by atoms with Gasteiger partial charge in [-0.1, -0.05) is 115 Å². The van der Waals surface area contributed by atoms with Crippen molar-refractivity contribution in [2.24, 2.45) is 0 Å². The van der Waals surface area contributed by atoms with Crippen LogP contribution in [0.2, 0.25) is 0 Å². The number of anilines is 3. The molecular formula is C52H32N2O2. The highest BCUT2D eigenvalue weighted by atomic mass is 16.3. The van der Waals surface area contributed by atoms with Crippen LogP contribution in [0.15, 0.2) is 203 Å². The van der Waals surface area contributed by atoms with Crippen molar-refractivity contribution in [2.45, 2.75) is 0 Å². The first-order chi connectivity index (χ1) is 27.8. The molecule has 0 unspecified atom stereocenters. The molecule has 56 heavy (non-hydrogen) atoms. The van der Waals surface area contributed by atoms with Crippen LogP contribution in [-0.2, 0) is 0 Å². The van der Waals surface area contributed by atoms with E-state index in [4.69, 9.17) is 8.83 Å². The van der Waals surface area contributed by atoms with Gasteiger partial charge in [-0.25, -0.2) is 0 Å². The number of hydrogen-bond acceptors (Lipinski definition) is 3. The molecule has 4 nitrogen and oxygen atoms in total. The van der Waals surface area contributed by atoms with Gasteiger partial charge in [0.25, 0.3) is 0 Å². The lowest BCUT2D eigenvalue weighted by atomic mass is 9.98. The Morgan fingerprint density at radius 3 is 1.82 bits per heavy atom. The summed E-state index contributed by atoms with van der Waals surface area (Å²) in [5, 5.41) is 9.21. The first kappa shape index (κ1) is 30.9. The number of hydrogen-bond donors (Lipinski definition) is 0. The number of para-hydroxylation sites is 4. The van der Waals surface area contributed by atoms with Crippen LogP contribution in [0, 0.1) is 0 Å². The molecule has 0 aliphatic rings. The Bertz CT molecular complexity index is 3460. The second kappa shape index (κ2) is 12.0. The van der Waals surface area contributed by atoms with Gasteiger partial charge in [-0.05, 0) is 95.2 Å². The first-order valence-corrected chi connectivity index (χ1v) is 19.0. The van der Waals surface area contributed by atoms with Gasteiger partial charge >= 0.3 is 0 Å². The molecule has 0 aliphatic heterocycles. The van der Waals surface area contributed by atoms with Crippen molar-refractivity contribution in [3.63, 3.8) is 0 Å². The third-order valence-electron chi connectivity index (χ3n) is 11.3. The minimum Gasteiger partial charge on any atom is -0.456 e. The van der Waals surface area contributed by atoms with E-state index in [1.807, 2.05) is 12.1 Å². The lowest BCUT2D eigenvalue weighted by Gasteiger charge is -2.29. The summed E-state index contributed by atoms with van der Waals surface area (Å²) in [7, 11) is 0. The number of furan rings is 2. The Balaban J connectivity index is 1.12. The van der Waals surface area contributed by atoms with E-state index < -0.39 is 0 Å². The maximum absolute atomic E-state index is 6.48. The Labute approximate surface area is 321 Å². The zero-order valence-electron chi connectivity index (χ0n) is 30.2. The summed E-state index contributed by atoms with van der Waals surface area (Å²) in [6.07, 6.45) is 0. The molecule has 3 heterocycles. The van der Waals surface area contributed by atoms with E-state index in [0.717, 1.165) is 77.8 Å². The fourth-order valence-corrected chi connectivity index (χ4v) is 8.86. The molecule has 9 aromatic carbocycles. The number of fused-ring (bicyclic) bond motifs is 10.